The molecular formula is C22H25NO. The van der Waals surface area contributed by atoms with Gasteiger partial charge in [-0.3, -0.25) is 0 Å². The smallest absolute Gasteiger partial charge is 0.0717 e. The van der Waals surface area contributed by atoms with E-state index in [9.17, 15) is 0 Å². The molecular weight excluding hydrogens is 294 g/mol. The van der Waals surface area contributed by atoms with Crippen LogP contribution in [0.25, 0.3) is 10.8 Å². The number of ether oxygens (including phenoxy) is 1. The number of benzene rings is 3. The van der Waals surface area contributed by atoms with E-state index in [2.05, 4.69) is 74.5 Å². The largest absolute Gasteiger partial charge is 0.375 e. The van der Waals surface area contributed by atoms with Gasteiger partial charge in [-0.25, -0.2) is 0 Å². The van der Waals surface area contributed by atoms with E-state index in [1.165, 1.54) is 33.0 Å². The molecule has 0 aliphatic rings. The summed E-state index contributed by atoms with van der Waals surface area (Å²) in [5.41, 5.74) is 11.3. The zero-order valence-corrected chi connectivity index (χ0v) is 14.5. The predicted molar refractivity (Wildman–Crippen MR) is 101 cm³/mol. The molecule has 0 fully saturated rings. The van der Waals surface area contributed by atoms with E-state index in [0.717, 1.165) is 6.42 Å². The Morgan fingerprint density at radius 1 is 0.833 bits per heavy atom. The van der Waals surface area contributed by atoms with Gasteiger partial charge in [0.1, 0.15) is 0 Å². The molecule has 0 aliphatic heterocycles. The first kappa shape index (κ1) is 16.7. The molecule has 2 heteroatoms. The van der Waals surface area contributed by atoms with E-state index in [-0.39, 0.29) is 6.04 Å². The quantitative estimate of drug-likeness (QED) is 0.724. The lowest BCUT2D eigenvalue weighted by Gasteiger charge is -2.13. The van der Waals surface area contributed by atoms with Crippen LogP contribution in [0, 0.1) is 13.8 Å². The first-order valence-electron chi connectivity index (χ1n) is 8.48. The van der Waals surface area contributed by atoms with Crippen molar-refractivity contribution in [3.8, 4) is 0 Å². The molecule has 3 aromatic rings. The standard InChI is InChI=1S/C22H25NO/c1-16-9-17(2)11-19(10-16)14-24-15-22(23)13-18-7-8-20-5-3-4-6-21(20)12-18/h3-12,22H,13-15,23H2,1-2H3. The Balaban J connectivity index is 1.53. The molecule has 0 aromatic heterocycles. The second-order valence-electron chi connectivity index (χ2n) is 6.66. The summed E-state index contributed by atoms with van der Waals surface area (Å²) in [7, 11) is 0. The van der Waals surface area contributed by atoms with Crippen LogP contribution in [0.1, 0.15) is 22.3 Å². The van der Waals surface area contributed by atoms with Crippen LogP contribution in [0.15, 0.2) is 60.7 Å². The molecule has 0 heterocycles. The minimum atomic E-state index is 0.0112. The van der Waals surface area contributed by atoms with Crippen LogP contribution in [0.2, 0.25) is 0 Å². The van der Waals surface area contributed by atoms with Crippen molar-refractivity contribution in [2.75, 3.05) is 6.61 Å². The van der Waals surface area contributed by atoms with Crippen LogP contribution in [0.4, 0.5) is 0 Å². The summed E-state index contributed by atoms with van der Waals surface area (Å²) in [5.74, 6) is 0. The summed E-state index contributed by atoms with van der Waals surface area (Å²) in [6.07, 6.45) is 0.831. The van der Waals surface area contributed by atoms with Gasteiger partial charge in [-0.15, -0.1) is 0 Å². The number of hydrogen-bond acceptors (Lipinski definition) is 2. The number of rotatable bonds is 6. The van der Waals surface area contributed by atoms with Crippen LogP contribution in [0.3, 0.4) is 0 Å². The highest BCUT2D eigenvalue weighted by molar-refractivity contribution is 5.82. The molecule has 0 spiro atoms. The van der Waals surface area contributed by atoms with E-state index in [1.807, 2.05) is 0 Å². The molecule has 0 saturated heterocycles. The SMILES string of the molecule is Cc1cc(C)cc(COCC(N)Cc2ccc3ccccc3c2)c1. The van der Waals surface area contributed by atoms with Crippen LogP contribution in [0.5, 0.6) is 0 Å². The summed E-state index contributed by atoms with van der Waals surface area (Å²) >= 11 is 0. The van der Waals surface area contributed by atoms with Gasteiger partial charge in [0.25, 0.3) is 0 Å². The highest BCUT2D eigenvalue weighted by Crippen LogP contribution is 2.16. The fraction of sp³-hybridized carbons (Fsp3) is 0.273. The maximum absolute atomic E-state index is 6.25. The van der Waals surface area contributed by atoms with Gasteiger partial charge >= 0.3 is 0 Å². The molecule has 2 nitrogen and oxygen atoms in total. The number of hydrogen-bond donors (Lipinski definition) is 1. The molecule has 124 valence electrons. The average Bonchev–Trinajstić information content (AvgIpc) is 2.54. The van der Waals surface area contributed by atoms with Gasteiger partial charge in [-0.1, -0.05) is 71.8 Å². The zero-order chi connectivity index (χ0) is 16.9. The van der Waals surface area contributed by atoms with Gasteiger partial charge in [0.2, 0.25) is 0 Å². The van der Waals surface area contributed by atoms with E-state index in [0.29, 0.717) is 13.2 Å². The highest BCUT2D eigenvalue weighted by atomic mass is 16.5. The van der Waals surface area contributed by atoms with E-state index in [1.54, 1.807) is 0 Å². The lowest BCUT2D eigenvalue weighted by molar-refractivity contribution is 0.108. The van der Waals surface area contributed by atoms with E-state index in [4.69, 9.17) is 10.5 Å². The summed E-state index contributed by atoms with van der Waals surface area (Å²) in [6, 6.07) is 21.5. The molecule has 3 rings (SSSR count). The Labute approximate surface area is 144 Å². The minimum Gasteiger partial charge on any atom is -0.375 e. The van der Waals surface area contributed by atoms with Crippen LogP contribution in [-0.4, -0.2) is 12.6 Å². The molecule has 0 saturated carbocycles. The maximum Gasteiger partial charge on any atom is 0.0717 e. The lowest BCUT2D eigenvalue weighted by atomic mass is 10.0. The molecule has 1 atom stereocenters. The van der Waals surface area contributed by atoms with Crippen molar-refractivity contribution in [3.05, 3.63) is 82.9 Å². The normalized spacial score (nSPS) is 12.5. The number of fused-ring (bicyclic) bond motifs is 1. The van der Waals surface area contributed by atoms with Crippen molar-refractivity contribution < 1.29 is 4.74 Å². The fourth-order valence-electron chi connectivity index (χ4n) is 3.21. The van der Waals surface area contributed by atoms with Crippen molar-refractivity contribution in [1.82, 2.24) is 0 Å². The highest BCUT2D eigenvalue weighted by Gasteiger charge is 2.06. The van der Waals surface area contributed by atoms with Crippen molar-refractivity contribution in [2.45, 2.75) is 32.9 Å². The second-order valence-corrected chi connectivity index (χ2v) is 6.66. The van der Waals surface area contributed by atoms with E-state index < -0.39 is 0 Å². The van der Waals surface area contributed by atoms with Crippen molar-refractivity contribution in [3.63, 3.8) is 0 Å². The maximum atomic E-state index is 6.25. The second kappa shape index (κ2) is 7.61. The van der Waals surface area contributed by atoms with Gasteiger partial charge in [-0.05, 0) is 42.2 Å². The molecule has 1 unspecified atom stereocenters. The minimum absolute atomic E-state index is 0.0112. The van der Waals surface area contributed by atoms with Gasteiger partial charge in [0.05, 0.1) is 13.2 Å². The first-order valence-corrected chi connectivity index (χ1v) is 8.48. The molecule has 3 aromatic carbocycles. The third kappa shape index (κ3) is 4.44. The molecule has 2 N–H and O–H groups in total. The monoisotopic (exact) mass is 319 g/mol. The summed E-state index contributed by atoms with van der Waals surface area (Å²) in [5, 5.41) is 2.53. The molecule has 24 heavy (non-hydrogen) atoms. The van der Waals surface area contributed by atoms with Gasteiger partial charge in [-0.2, -0.15) is 0 Å². The van der Waals surface area contributed by atoms with Crippen LogP contribution < -0.4 is 5.73 Å². The lowest BCUT2D eigenvalue weighted by Crippen LogP contribution is -2.28. The predicted octanol–water partition coefficient (Wildman–Crippen LogP) is 4.54. The summed E-state index contributed by atoms with van der Waals surface area (Å²) in [6.45, 7) is 5.41. The number of nitrogens with two attached hydrogens (primary N) is 1. The molecule has 0 radical (unpaired) electrons. The molecule has 0 bridgehead atoms. The summed E-state index contributed by atoms with van der Waals surface area (Å²) < 4.78 is 5.83. The summed E-state index contributed by atoms with van der Waals surface area (Å²) in [4.78, 5) is 0. The van der Waals surface area contributed by atoms with Crippen LogP contribution in [-0.2, 0) is 17.8 Å². The van der Waals surface area contributed by atoms with E-state index >= 15 is 0 Å². The van der Waals surface area contributed by atoms with Crippen molar-refractivity contribution in [1.29, 1.82) is 0 Å². The molecule has 0 aliphatic carbocycles. The third-order valence-corrected chi connectivity index (χ3v) is 4.19. The number of aryl methyl sites for hydroxylation is 2. The van der Waals surface area contributed by atoms with Gasteiger partial charge in [0.15, 0.2) is 0 Å². The zero-order valence-electron chi connectivity index (χ0n) is 14.5. The Kier molecular flexibility index (Phi) is 5.29. The average molecular weight is 319 g/mol. The Morgan fingerprint density at radius 2 is 1.54 bits per heavy atom. The molecule has 0 amide bonds. The topological polar surface area (TPSA) is 35.2 Å². The third-order valence-electron chi connectivity index (χ3n) is 4.19. The fourth-order valence-corrected chi connectivity index (χ4v) is 3.21. The van der Waals surface area contributed by atoms with Gasteiger partial charge in [0, 0.05) is 6.04 Å². The Hall–Kier alpha value is -2.16. The van der Waals surface area contributed by atoms with Crippen molar-refractivity contribution >= 4 is 10.8 Å². The Morgan fingerprint density at radius 3 is 2.29 bits per heavy atom. The first-order chi connectivity index (χ1) is 11.6. The van der Waals surface area contributed by atoms with Gasteiger partial charge < -0.3 is 10.5 Å². The van der Waals surface area contributed by atoms with Crippen LogP contribution >= 0.6 is 0 Å². The van der Waals surface area contributed by atoms with Crippen molar-refractivity contribution in [2.24, 2.45) is 5.73 Å². The Bertz CT molecular complexity index is 805.